The fourth-order valence-corrected chi connectivity index (χ4v) is 3.22. The Hall–Kier alpha value is -1.03. The number of hydrogen-bond acceptors (Lipinski definition) is 2. The molecule has 1 saturated carbocycles. The summed E-state index contributed by atoms with van der Waals surface area (Å²) in [6, 6.07) is 5.74. The fourth-order valence-electron chi connectivity index (χ4n) is 2.86. The van der Waals surface area contributed by atoms with Gasteiger partial charge in [0.1, 0.15) is 0 Å². The third-order valence-electron chi connectivity index (χ3n) is 3.78. The average molecular weight is 326 g/mol. The van der Waals surface area contributed by atoms with Gasteiger partial charge in [-0.25, -0.2) is 4.79 Å². The van der Waals surface area contributed by atoms with Crippen molar-refractivity contribution in [2.45, 2.75) is 45.6 Å². The Balaban J connectivity index is 2.17. The summed E-state index contributed by atoms with van der Waals surface area (Å²) in [5, 5.41) is 12.7. The SMILES string of the molecule is CC1(C)CCCC(Nc2ccc(Br)cc2C(=O)O)C1. The molecular formula is C15H20BrNO2. The van der Waals surface area contributed by atoms with Gasteiger partial charge in [0.05, 0.1) is 5.56 Å². The van der Waals surface area contributed by atoms with Crippen molar-refractivity contribution in [2.75, 3.05) is 5.32 Å². The smallest absolute Gasteiger partial charge is 0.337 e. The van der Waals surface area contributed by atoms with E-state index >= 15 is 0 Å². The number of hydrogen-bond donors (Lipinski definition) is 2. The van der Waals surface area contributed by atoms with Crippen molar-refractivity contribution in [3.63, 3.8) is 0 Å². The number of benzene rings is 1. The van der Waals surface area contributed by atoms with Crippen molar-refractivity contribution in [3.05, 3.63) is 28.2 Å². The first-order valence-electron chi connectivity index (χ1n) is 6.67. The summed E-state index contributed by atoms with van der Waals surface area (Å²) in [5.74, 6) is -0.890. The molecule has 1 fully saturated rings. The van der Waals surface area contributed by atoms with E-state index in [1.54, 1.807) is 6.07 Å². The van der Waals surface area contributed by atoms with E-state index in [4.69, 9.17) is 0 Å². The molecule has 0 heterocycles. The van der Waals surface area contributed by atoms with E-state index in [0.717, 1.165) is 23.0 Å². The molecule has 0 spiro atoms. The number of carboxylic acids is 1. The first kappa shape index (κ1) is 14.4. The maximum absolute atomic E-state index is 11.3. The summed E-state index contributed by atoms with van der Waals surface area (Å²) < 4.78 is 0.791. The van der Waals surface area contributed by atoms with Crippen molar-refractivity contribution in [2.24, 2.45) is 5.41 Å². The second-order valence-corrected chi connectivity index (χ2v) is 7.01. The molecule has 3 nitrogen and oxygen atoms in total. The molecule has 1 aliphatic rings. The number of anilines is 1. The number of halogens is 1. The molecule has 1 aromatic carbocycles. The molecular weight excluding hydrogens is 306 g/mol. The topological polar surface area (TPSA) is 49.3 Å². The lowest BCUT2D eigenvalue weighted by molar-refractivity contribution is 0.0698. The molecule has 0 saturated heterocycles. The lowest BCUT2D eigenvalue weighted by Gasteiger charge is -2.36. The molecule has 1 aliphatic carbocycles. The summed E-state index contributed by atoms with van der Waals surface area (Å²) in [6.07, 6.45) is 4.64. The Bertz CT molecular complexity index is 485. The van der Waals surface area contributed by atoms with Crippen molar-refractivity contribution in [3.8, 4) is 0 Å². The van der Waals surface area contributed by atoms with E-state index < -0.39 is 5.97 Å². The molecule has 0 radical (unpaired) electrons. The highest BCUT2D eigenvalue weighted by Crippen LogP contribution is 2.36. The van der Waals surface area contributed by atoms with Crippen LogP contribution in [0, 0.1) is 5.41 Å². The van der Waals surface area contributed by atoms with Gasteiger partial charge in [-0.15, -0.1) is 0 Å². The zero-order valence-corrected chi connectivity index (χ0v) is 13.0. The van der Waals surface area contributed by atoms with Gasteiger partial charge in [0.15, 0.2) is 0 Å². The molecule has 0 aromatic heterocycles. The largest absolute Gasteiger partial charge is 0.478 e. The normalized spacial score (nSPS) is 21.9. The number of nitrogens with one attached hydrogen (secondary N) is 1. The molecule has 104 valence electrons. The summed E-state index contributed by atoms with van der Waals surface area (Å²) >= 11 is 3.32. The van der Waals surface area contributed by atoms with E-state index in [2.05, 4.69) is 35.1 Å². The van der Waals surface area contributed by atoms with Crippen LogP contribution in [0.5, 0.6) is 0 Å². The van der Waals surface area contributed by atoms with Crippen LogP contribution in [0.1, 0.15) is 49.9 Å². The summed E-state index contributed by atoms with van der Waals surface area (Å²) in [7, 11) is 0. The van der Waals surface area contributed by atoms with Crippen molar-refractivity contribution < 1.29 is 9.90 Å². The molecule has 1 aromatic rings. The molecule has 4 heteroatoms. The van der Waals surface area contributed by atoms with Gasteiger partial charge in [0, 0.05) is 16.2 Å². The van der Waals surface area contributed by atoms with Gasteiger partial charge < -0.3 is 10.4 Å². The summed E-state index contributed by atoms with van der Waals surface area (Å²) in [4.78, 5) is 11.3. The minimum atomic E-state index is -0.890. The third-order valence-corrected chi connectivity index (χ3v) is 4.27. The van der Waals surface area contributed by atoms with Gasteiger partial charge >= 0.3 is 5.97 Å². The van der Waals surface area contributed by atoms with Gasteiger partial charge in [-0.1, -0.05) is 36.2 Å². The maximum atomic E-state index is 11.3. The number of carbonyl (C=O) groups is 1. The Morgan fingerprint density at radius 1 is 1.47 bits per heavy atom. The van der Waals surface area contributed by atoms with Crippen LogP contribution in [0.25, 0.3) is 0 Å². The van der Waals surface area contributed by atoms with Crippen LogP contribution in [-0.2, 0) is 0 Å². The van der Waals surface area contributed by atoms with Gasteiger partial charge in [0.25, 0.3) is 0 Å². The Labute approximate surface area is 122 Å². The summed E-state index contributed by atoms with van der Waals surface area (Å²) in [5.41, 5.74) is 1.39. The average Bonchev–Trinajstić information content (AvgIpc) is 2.30. The maximum Gasteiger partial charge on any atom is 0.337 e. The first-order chi connectivity index (χ1) is 8.87. The Morgan fingerprint density at radius 2 is 2.21 bits per heavy atom. The zero-order chi connectivity index (χ0) is 14.0. The Morgan fingerprint density at radius 3 is 2.84 bits per heavy atom. The highest BCUT2D eigenvalue weighted by Gasteiger charge is 2.28. The second kappa shape index (κ2) is 5.53. The lowest BCUT2D eigenvalue weighted by Crippen LogP contribution is -2.32. The fraction of sp³-hybridized carbons (Fsp3) is 0.533. The highest BCUT2D eigenvalue weighted by atomic mass is 79.9. The third kappa shape index (κ3) is 3.72. The van der Waals surface area contributed by atoms with Crippen molar-refractivity contribution >= 4 is 27.6 Å². The predicted molar refractivity (Wildman–Crippen MR) is 80.8 cm³/mol. The molecule has 0 amide bonds. The molecule has 0 aliphatic heterocycles. The monoisotopic (exact) mass is 325 g/mol. The van der Waals surface area contributed by atoms with Crippen LogP contribution >= 0.6 is 15.9 Å². The van der Waals surface area contributed by atoms with Crippen LogP contribution in [0.4, 0.5) is 5.69 Å². The molecule has 2 rings (SSSR count). The van der Waals surface area contributed by atoms with E-state index in [-0.39, 0.29) is 0 Å². The van der Waals surface area contributed by atoms with Gasteiger partial charge in [-0.05, 0) is 42.9 Å². The lowest BCUT2D eigenvalue weighted by atomic mass is 9.75. The highest BCUT2D eigenvalue weighted by molar-refractivity contribution is 9.10. The van der Waals surface area contributed by atoms with Gasteiger partial charge in [-0.2, -0.15) is 0 Å². The Kier molecular flexibility index (Phi) is 4.19. The molecule has 1 unspecified atom stereocenters. The number of aromatic carboxylic acids is 1. The van der Waals surface area contributed by atoms with Crippen LogP contribution in [0.2, 0.25) is 0 Å². The predicted octanol–water partition coefficient (Wildman–Crippen LogP) is 4.53. The molecule has 0 bridgehead atoms. The van der Waals surface area contributed by atoms with Crippen molar-refractivity contribution in [1.29, 1.82) is 0 Å². The molecule has 1 atom stereocenters. The summed E-state index contributed by atoms with van der Waals surface area (Å²) in [6.45, 7) is 4.56. The van der Waals surface area contributed by atoms with E-state index in [1.165, 1.54) is 12.8 Å². The van der Waals surface area contributed by atoms with E-state index in [0.29, 0.717) is 17.0 Å². The molecule has 19 heavy (non-hydrogen) atoms. The van der Waals surface area contributed by atoms with Gasteiger partial charge in [-0.3, -0.25) is 0 Å². The van der Waals surface area contributed by atoms with Crippen LogP contribution in [-0.4, -0.2) is 17.1 Å². The quantitative estimate of drug-likeness (QED) is 0.858. The number of rotatable bonds is 3. The number of carboxylic acid groups (broad SMARTS) is 1. The van der Waals surface area contributed by atoms with E-state index in [1.807, 2.05) is 12.1 Å². The van der Waals surface area contributed by atoms with Crippen LogP contribution in [0.15, 0.2) is 22.7 Å². The minimum Gasteiger partial charge on any atom is -0.478 e. The second-order valence-electron chi connectivity index (χ2n) is 6.10. The minimum absolute atomic E-state index is 0.331. The zero-order valence-electron chi connectivity index (χ0n) is 11.4. The molecule has 2 N–H and O–H groups in total. The van der Waals surface area contributed by atoms with Gasteiger partial charge in [0.2, 0.25) is 0 Å². The first-order valence-corrected chi connectivity index (χ1v) is 7.46. The van der Waals surface area contributed by atoms with E-state index in [9.17, 15) is 9.90 Å². The van der Waals surface area contributed by atoms with Crippen molar-refractivity contribution in [1.82, 2.24) is 0 Å². The van der Waals surface area contributed by atoms with Crippen LogP contribution < -0.4 is 5.32 Å². The van der Waals surface area contributed by atoms with Crippen LogP contribution in [0.3, 0.4) is 0 Å². The standard InChI is InChI=1S/C15H20BrNO2/c1-15(2)7-3-4-11(9-15)17-13-6-5-10(16)8-12(13)14(18)19/h5-6,8,11,17H,3-4,7,9H2,1-2H3,(H,18,19).